The molecule has 3 N–H and O–H groups in total. The number of oxime groups is 1. The van der Waals surface area contributed by atoms with E-state index in [9.17, 15) is 19.1 Å². The van der Waals surface area contributed by atoms with Crippen LogP contribution in [0.2, 0.25) is 0 Å². The molecule has 10 heteroatoms. The number of hydrogen-bond donors (Lipinski definition) is 2. The highest BCUT2D eigenvalue weighted by Gasteiger charge is 2.41. The van der Waals surface area contributed by atoms with Crippen LogP contribution in [0.15, 0.2) is 22.2 Å². The van der Waals surface area contributed by atoms with Crippen LogP contribution in [0.1, 0.15) is 36.2 Å². The van der Waals surface area contributed by atoms with Crippen LogP contribution < -0.4 is 16.1 Å². The largest absolute Gasteiger partial charge is 0.477 e. The minimum atomic E-state index is -1.34. The van der Waals surface area contributed by atoms with Crippen LogP contribution in [0.5, 0.6) is 0 Å². The molecule has 2 aromatic heterocycles. The Kier molecular flexibility index (Phi) is 4.53. The highest BCUT2D eigenvalue weighted by molar-refractivity contribution is 5.97. The fourth-order valence-electron chi connectivity index (χ4n) is 3.76. The quantitative estimate of drug-likeness (QED) is 0.723. The zero-order chi connectivity index (χ0) is 20.9. The van der Waals surface area contributed by atoms with Crippen LogP contribution in [0.25, 0.3) is 11.0 Å². The molecule has 1 aliphatic heterocycles. The second-order valence-electron chi connectivity index (χ2n) is 7.82. The third-order valence-electron chi connectivity index (χ3n) is 5.64. The van der Waals surface area contributed by atoms with E-state index < -0.39 is 22.6 Å². The van der Waals surface area contributed by atoms with Crippen molar-refractivity contribution in [2.24, 2.45) is 16.3 Å². The Hall–Kier alpha value is -3.01. The molecule has 1 saturated carbocycles. The van der Waals surface area contributed by atoms with Crippen molar-refractivity contribution in [3.05, 3.63) is 33.9 Å². The van der Waals surface area contributed by atoms with Gasteiger partial charge in [-0.15, -0.1) is 0 Å². The smallest absolute Gasteiger partial charge is 0.341 e. The van der Waals surface area contributed by atoms with Crippen molar-refractivity contribution in [2.75, 3.05) is 31.6 Å². The summed E-state index contributed by atoms with van der Waals surface area (Å²) in [4.78, 5) is 35.1. The van der Waals surface area contributed by atoms with Gasteiger partial charge in [0.05, 0.1) is 17.6 Å². The molecule has 154 valence electrons. The lowest BCUT2D eigenvalue weighted by Crippen LogP contribution is -2.36. The number of halogens is 1. The summed E-state index contributed by atoms with van der Waals surface area (Å²) in [7, 11) is 1.44. The predicted octanol–water partition coefficient (Wildman–Crippen LogP) is 1.36. The fraction of sp³-hybridized carbons (Fsp3) is 0.474. The molecule has 0 aromatic carbocycles. The van der Waals surface area contributed by atoms with E-state index in [0.717, 1.165) is 18.9 Å². The van der Waals surface area contributed by atoms with Crippen molar-refractivity contribution in [3.63, 3.8) is 0 Å². The molecule has 0 radical (unpaired) electrons. The summed E-state index contributed by atoms with van der Waals surface area (Å²) in [6.45, 7) is 2.90. The van der Waals surface area contributed by atoms with Crippen molar-refractivity contribution in [2.45, 2.75) is 25.8 Å². The molecule has 3 heterocycles. The minimum absolute atomic E-state index is 0.0374. The number of carboxylic acid groups (broad SMARTS) is 1. The zero-order valence-corrected chi connectivity index (χ0v) is 16.2. The topological polar surface area (TPSA) is 123 Å². The van der Waals surface area contributed by atoms with Crippen molar-refractivity contribution in [1.29, 1.82) is 0 Å². The van der Waals surface area contributed by atoms with E-state index >= 15 is 0 Å². The Morgan fingerprint density at radius 1 is 1.52 bits per heavy atom. The lowest BCUT2D eigenvalue weighted by Gasteiger charge is -2.23. The summed E-state index contributed by atoms with van der Waals surface area (Å²) in [6.07, 6.45) is 3.02. The van der Waals surface area contributed by atoms with E-state index in [0.29, 0.717) is 18.8 Å². The van der Waals surface area contributed by atoms with Gasteiger partial charge in [-0.25, -0.2) is 14.2 Å². The van der Waals surface area contributed by atoms with Gasteiger partial charge >= 0.3 is 5.97 Å². The van der Waals surface area contributed by atoms with Gasteiger partial charge in [-0.1, -0.05) is 12.1 Å². The van der Waals surface area contributed by atoms with Gasteiger partial charge in [-0.2, -0.15) is 0 Å². The molecular formula is C19H22FN5O4. The van der Waals surface area contributed by atoms with Crippen LogP contribution in [0, 0.1) is 11.2 Å². The van der Waals surface area contributed by atoms with Gasteiger partial charge in [0, 0.05) is 30.7 Å². The minimum Gasteiger partial charge on any atom is -0.477 e. The molecule has 9 nitrogen and oxygen atoms in total. The lowest BCUT2D eigenvalue weighted by atomic mass is 9.88. The summed E-state index contributed by atoms with van der Waals surface area (Å²) >= 11 is 0. The Morgan fingerprint density at radius 2 is 2.24 bits per heavy atom. The van der Waals surface area contributed by atoms with Crippen LogP contribution in [0.4, 0.5) is 10.2 Å². The molecule has 29 heavy (non-hydrogen) atoms. The summed E-state index contributed by atoms with van der Waals surface area (Å²) in [5.41, 5.74) is 5.26. The number of hydrogen-bond acceptors (Lipinski definition) is 7. The Labute approximate surface area is 165 Å². The molecule has 2 aliphatic rings. The van der Waals surface area contributed by atoms with Crippen molar-refractivity contribution in [1.82, 2.24) is 9.55 Å². The molecular weight excluding hydrogens is 381 g/mol. The maximum atomic E-state index is 15.0. The molecule has 1 atom stereocenters. The number of aromatic carboxylic acids is 1. The molecule has 0 spiro atoms. The maximum absolute atomic E-state index is 15.0. The first kappa shape index (κ1) is 19.3. The summed E-state index contributed by atoms with van der Waals surface area (Å²) in [6, 6.07) is 1.14. The van der Waals surface area contributed by atoms with Crippen LogP contribution in [-0.2, 0) is 4.84 Å². The normalized spacial score (nSPS) is 23.2. The van der Waals surface area contributed by atoms with Crippen molar-refractivity contribution in [3.8, 4) is 0 Å². The van der Waals surface area contributed by atoms with Gasteiger partial charge in [0.25, 0.3) is 0 Å². The van der Waals surface area contributed by atoms with E-state index in [-0.39, 0.29) is 35.0 Å². The van der Waals surface area contributed by atoms with Crippen LogP contribution in [-0.4, -0.2) is 53.1 Å². The second kappa shape index (κ2) is 6.80. The number of nitrogens with two attached hydrogens (primary N) is 1. The van der Waals surface area contributed by atoms with E-state index in [2.05, 4.69) is 10.1 Å². The first-order chi connectivity index (χ1) is 13.8. The maximum Gasteiger partial charge on any atom is 0.341 e. The van der Waals surface area contributed by atoms with Gasteiger partial charge in [0.15, 0.2) is 11.6 Å². The van der Waals surface area contributed by atoms with E-state index in [1.807, 2.05) is 6.92 Å². The van der Waals surface area contributed by atoms with Gasteiger partial charge in [0.1, 0.15) is 18.3 Å². The monoisotopic (exact) mass is 403 g/mol. The second-order valence-corrected chi connectivity index (χ2v) is 7.82. The molecule has 2 fully saturated rings. The van der Waals surface area contributed by atoms with Crippen molar-refractivity contribution >= 4 is 28.5 Å². The van der Waals surface area contributed by atoms with Crippen LogP contribution >= 0.6 is 0 Å². The number of carbonyl (C=O) groups is 1. The van der Waals surface area contributed by atoms with Gasteiger partial charge < -0.3 is 25.1 Å². The molecule has 4 rings (SSSR count). The summed E-state index contributed by atoms with van der Waals surface area (Å²) in [5, 5.41) is 13.3. The van der Waals surface area contributed by atoms with E-state index in [1.54, 1.807) is 9.47 Å². The number of nitrogens with zero attached hydrogens (tertiary/aromatic N) is 4. The molecule has 0 amide bonds. The number of anilines is 1. The van der Waals surface area contributed by atoms with Crippen molar-refractivity contribution < 1.29 is 19.1 Å². The number of fused-ring (bicyclic) bond motifs is 1. The predicted molar refractivity (Wildman–Crippen MR) is 105 cm³/mol. The number of aromatic nitrogens is 2. The molecule has 1 unspecified atom stereocenters. The third-order valence-corrected chi connectivity index (χ3v) is 5.64. The summed E-state index contributed by atoms with van der Waals surface area (Å²) < 4.78 is 16.7. The van der Waals surface area contributed by atoms with Crippen LogP contribution in [0.3, 0.4) is 0 Å². The number of carboxylic acids is 1. The molecule has 1 saturated heterocycles. The average Bonchev–Trinajstić information content (AvgIpc) is 3.47. The highest BCUT2D eigenvalue weighted by Crippen LogP contribution is 2.38. The standard InChI is InChI=1S/C19H22FN5O4/c1-19(8-21)9-24(7-14(19)23-29-2)17-13(20)5-11-15(26)12(18(27)28)6-25(10-3-4-10)16(11)22-17/h5-6,10H,3-4,7-9,21H2,1-2H3,(H,27,28)/b23-14+. The lowest BCUT2D eigenvalue weighted by molar-refractivity contribution is 0.0695. The zero-order valence-electron chi connectivity index (χ0n) is 16.2. The Bertz CT molecular complexity index is 1090. The first-order valence-corrected chi connectivity index (χ1v) is 9.33. The highest BCUT2D eigenvalue weighted by atomic mass is 19.1. The fourth-order valence-corrected chi connectivity index (χ4v) is 3.76. The number of pyridine rings is 2. The average molecular weight is 403 g/mol. The third kappa shape index (κ3) is 3.13. The molecule has 0 bridgehead atoms. The summed E-state index contributed by atoms with van der Waals surface area (Å²) in [5.74, 6) is -1.96. The van der Waals surface area contributed by atoms with E-state index in [4.69, 9.17) is 10.6 Å². The Morgan fingerprint density at radius 3 is 2.83 bits per heavy atom. The molecule has 1 aliphatic carbocycles. The SMILES string of the molecule is CO/N=C1\CN(c2nc3c(cc2F)c(=O)c(C(=O)O)cn3C2CC2)CC1(C)CN. The number of rotatable bonds is 5. The first-order valence-electron chi connectivity index (χ1n) is 9.33. The van der Waals surface area contributed by atoms with Gasteiger partial charge in [-0.05, 0) is 18.9 Å². The molecule has 2 aromatic rings. The Balaban J connectivity index is 1.87. The van der Waals surface area contributed by atoms with Gasteiger partial charge in [0.2, 0.25) is 5.43 Å². The van der Waals surface area contributed by atoms with E-state index in [1.165, 1.54) is 13.3 Å². The van der Waals surface area contributed by atoms with Gasteiger partial charge in [-0.3, -0.25) is 4.79 Å².